The molecule has 0 unspecified atom stereocenters. The minimum atomic E-state index is -4.45. The van der Waals surface area contributed by atoms with Crippen molar-refractivity contribution in [3.8, 4) is 11.5 Å². The van der Waals surface area contributed by atoms with Crippen molar-refractivity contribution in [3.05, 3.63) is 23.8 Å². The molecule has 0 aromatic heterocycles. The van der Waals surface area contributed by atoms with Crippen molar-refractivity contribution in [2.75, 3.05) is 13.7 Å². The van der Waals surface area contributed by atoms with Crippen LogP contribution in [0.25, 0.3) is 0 Å². The van der Waals surface area contributed by atoms with Crippen molar-refractivity contribution in [1.29, 1.82) is 0 Å². The first kappa shape index (κ1) is 14.1. The maximum absolute atomic E-state index is 11.9. The monoisotopic (exact) mass is 265 g/mol. The molecule has 0 aliphatic rings. The summed E-state index contributed by atoms with van der Waals surface area (Å²) in [6, 6.07) is 3.46. The predicted molar refractivity (Wildman–Crippen MR) is 53.8 cm³/mol. The molecular weight excluding hydrogens is 255 g/mol. The van der Waals surface area contributed by atoms with E-state index >= 15 is 0 Å². The maximum Gasteiger partial charge on any atom is 0.422 e. The Morgan fingerprint density at radius 3 is 2.61 bits per heavy atom. The van der Waals surface area contributed by atoms with Gasteiger partial charge in [-0.25, -0.2) is 5.48 Å². The van der Waals surface area contributed by atoms with Crippen LogP contribution >= 0.6 is 0 Å². The third-order valence-corrected chi connectivity index (χ3v) is 1.92. The zero-order valence-corrected chi connectivity index (χ0v) is 9.25. The van der Waals surface area contributed by atoms with Crippen LogP contribution < -0.4 is 15.0 Å². The van der Waals surface area contributed by atoms with Crippen LogP contribution in [0.5, 0.6) is 11.5 Å². The Balaban J connectivity index is 2.88. The number of methoxy groups -OCH3 is 1. The van der Waals surface area contributed by atoms with E-state index < -0.39 is 18.7 Å². The smallest absolute Gasteiger partial charge is 0.422 e. The largest absolute Gasteiger partial charge is 0.496 e. The molecule has 0 bridgehead atoms. The van der Waals surface area contributed by atoms with Crippen LogP contribution in [0.2, 0.25) is 0 Å². The van der Waals surface area contributed by atoms with Crippen molar-refractivity contribution < 1.29 is 32.6 Å². The number of alkyl halides is 3. The highest BCUT2D eigenvalue weighted by atomic mass is 19.4. The van der Waals surface area contributed by atoms with E-state index in [1.165, 1.54) is 24.7 Å². The van der Waals surface area contributed by atoms with Gasteiger partial charge in [-0.2, -0.15) is 13.2 Å². The number of rotatable bonds is 4. The standard InChI is InChI=1S/C10H10F3NO4/c1-17-8-4-6(18-5-10(11,12)13)2-3-7(8)9(15)14-16/h2-4,16H,5H2,1H3,(H,14,15). The lowest BCUT2D eigenvalue weighted by Gasteiger charge is -2.12. The fraction of sp³-hybridized carbons (Fsp3) is 0.300. The van der Waals surface area contributed by atoms with Crippen LogP contribution in [-0.4, -0.2) is 31.0 Å². The highest BCUT2D eigenvalue weighted by Crippen LogP contribution is 2.26. The molecule has 0 atom stereocenters. The van der Waals surface area contributed by atoms with Crippen molar-refractivity contribution in [1.82, 2.24) is 5.48 Å². The van der Waals surface area contributed by atoms with Crippen LogP contribution in [0.1, 0.15) is 10.4 Å². The first-order valence-corrected chi connectivity index (χ1v) is 4.69. The Hall–Kier alpha value is -1.96. The van der Waals surface area contributed by atoms with E-state index in [1.807, 2.05) is 0 Å². The quantitative estimate of drug-likeness (QED) is 0.643. The molecule has 18 heavy (non-hydrogen) atoms. The van der Waals surface area contributed by atoms with Crippen LogP contribution in [-0.2, 0) is 0 Å². The lowest BCUT2D eigenvalue weighted by molar-refractivity contribution is -0.153. The third-order valence-electron chi connectivity index (χ3n) is 1.92. The summed E-state index contributed by atoms with van der Waals surface area (Å²) < 4.78 is 45.1. The molecule has 1 aromatic carbocycles. The Morgan fingerprint density at radius 1 is 1.44 bits per heavy atom. The molecular formula is C10H10F3NO4. The van der Waals surface area contributed by atoms with Gasteiger partial charge in [-0.1, -0.05) is 0 Å². The molecule has 2 N–H and O–H groups in total. The van der Waals surface area contributed by atoms with E-state index in [4.69, 9.17) is 9.94 Å². The zero-order chi connectivity index (χ0) is 13.8. The fourth-order valence-electron chi connectivity index (χ4n) is 1.17. The highest BCUT2D eigenvalue weighted by molar-refractivity contribution is 5.96. The molecule has 0 fully saturated rings. The number of amides is 1. The van der Waals surface area contributed by atoms with Crippen LogP contribution in [0.4, 0.5) is 13.2 Å². The van der Waals surface area contributed by atoms with Gasteiger partial charge in [-0.05, 0) is 12.1 Å². The molecule has 0 spiro atoms. The first-order chi connectivity index (χ1) is 8.37. The normalized spacial score (nSPS) is 10.9. The van der Waals surface area contributed by atoms with Crippen molar-refractivity contribution in [2.24, 2.45) is 0 Å². The van der Waals surface area contributed by atoms with Gasteiger partial charge in [0.1, 0.15) is 11.5 Å². The number of hydroxylamine groups is 1. The van der Waals surface area contributed by atoms with E-state index in [-0.39, 0.29) is 17.1 Å². The fourth-order valence-corrected chi connectivity index (χ4v) is 1.17. The summed E-state index contributed by atoms with van der Waals surface area (Å²) in [5.74, 6) is -0.950. The van der Waals surface area contributed by atoms with Gasteiger partial charge in [0, 0.05) is 6.07 Å². The summed E-state index contributed by atoms with van der Waals surface area (Å²) in [6.07, 6.45) is -4.45. The summed E-state index contributed by atoms with van der Waals surface area (Å²) in [5, 5.41) is 8.45. The predicted octanol–water partition coefficient (Wildman–Crippen LogP) is 1.76. The number of nitrogens with one attached hydrogen (secondary N) is 1. The number of hydrogen-bond donors (Lipinski definition) is 2. The molecule has 1 amide bonds. The van der Waals surface area contributed by atoms with Gasteiger partial charge in [0.15, 0.2) is 6.61 Å². The molecule has 0 aliphatic heterocycles. The second-order valence-corrected chi connectivity index (χ2v) is 3.21. The van der Waals surface area contributed by atoms with Gasteiger partial charge in [-0.3, -0.25) is 10.0 Å². The summed E-state index contributed by atoms with van der Waals surface area (Å²) in [4.78, 5) is 11.2. The zero-order valence-electron chi connectivity index (χ0n) is 9.25. The average Bonchev–Trinajstić information content (AvgIpc) is 2.34. The molecule has 0 saturated carbocycles. The van der Waals surface area contributed by atoms with Crippen LogP contribution in [0.3, 0.4) is 0 Å². The van der Waals surface area contributed by atoms with Gasteiger partial charge < -0.3 is 9.47 Å². The summed E-state index contributed by atoms with van der Waals surface area (Å²) in [5.41, 5.74) is 1.36. The van der Waals surface area contributed by atoms with Gasteiger partial charge in [-0.15, -0.1) is 0 Å². The summed E-state index contributed by atoms with van der Waals surface area (Å²) in [6.45, 7) is -1.44. The number of hydrogen-bond acceptors (Lipinski definition) is 4. The van der Waals surface area contributed by atoms with E-state index in [0.717, 1.165) is 6.07 Å². The summed E-state index contributed by atoms with van der Waals surface area (Å²) >= 11 is 0. The molecule has 0 saturated heterocycles. The van der Waals surface area contributed by atoms with E-state index in [9.17, 15) is 18.0 Å². The van der Waals surface area contributed by atoms with Gasteiger partial charge >= 0.3 is 6.18 Å². The lowest BCUT2D eigenvalue weighted by atomic mass is 10.2. The topological polar surface area (TPSA) is 67.8 Å². The molecule has 100 valence electrons. The van der Waals surface area contributed by atoms with E-state index in [0.29, 0.717) is 0 Å². The Morgan fingerprint density at radius 2 is 2.11 bits per heavy atom. The maximum atomic E-state index is 11.9. The first-order valence-electron chi connectivity index (χ1n) is 4.69. The number of ether oxygens (including phenoxy) is 2. The number of halogens is 3. The number of benzene rings is 1. The lowest BCUT2D eigenvalue weighted by Crippen LogP contribution is -2.20. The molecule has 5 nitrogen and oxygen atoms in total. The highest BCUT2D eigenvalue weighted by Gasteiger charge is 2.28. The number of carbonyl (C=O) groups excluding carboxylic acids is 1. The van der Waals surface area contributed by atoms with Crippen LogP contribution in [0, 0.1) is 0 Å². The van der Waals surface area contributed by atoms with Crippen molar-refractivity contribution >= 4 is 5.91 Å². The molecule has 0 aliphatic carbocycles. The van der Waals surface area contributed by atoms with Gasteiger partial charge in [0.25, 0.3) is 5.91 Å². The second-order valence-electron chi connectivity index (χ2n) is 3.21. The molecule has 0 heterocycles. The molecule has 8 heteroatoms. The Kier molecular flexibility index (Phi) is 4.38. The summed E-state index contributed by atoms with van der Waals surface area (Å²) in [7, 11) is 1.23. The van der Waals surface area contributed by atoms with E-state index in [2.05, 4.69) is 4.74 Å². The molecule has 1 aromatic rings. The molecule has 1 rings (SSSR count). The number of carbonyl (C=O) groups is 1. The Labute approximate surface area is 100 Å². The SMILES string of the molecule is COc1cc(OCC(F)(F)F)ccc1C(=O)NO. The van der Waals surface area contributed by atoms with Gasteiger partial charge in [0.05, 0.1) is 12.7 Å². The van der Waals surface area contributed by atoms with Crippen molar-refractivity contribution in [2.45, 2.75) is 6.18 Å². The van der Waals surface area contributed by atoms with Crippen LogP contribution in [0.15, 0.2) is 18.2 Å². The average molecular weight is 265 g/mol. The minimum Gasteiger partial charge on any atom is -0.496 e. The second kappa shape index (κ2) is 5.58. The Bertz CT molecular complexity index is 434. The third kappa shape index (κ3) is 3.81. The minimum absolute atomic E-state index is 0.0128. The van der Waals surface area contributed by atoms with Crippen molar-refractivity contribution in [3.63, 3.8) is 0 Å². The van der Waals surface area contributed by atoms with E-state index in [1.54, 1.807) is 0 Å². The van der Waals surface area contributed by atoms with Gasteiger partial charge in [0.2, 0.25) is 0 Å². The molecule has 0 radical (unpaired) electrons.